The van der Waals surface area contributed by atoms with Gasteiger partial charge in [0, 0.05) is 12.1 Å². The minimum atomic E-state index is -1.27. The molecule has 0 fully saturated rings. The van der Waals surface area contributed by atoms with Crippen molar-refractivity contribution >= 4 is 23.3 Å². The molecule has 0 radical (unpaired) electrons. The third kappa shape index (κ3) is 2.80. The fourth-order valence-electron chi connectivity index (χ4n) is 1.18. The van der Waals surface area contributed by atoms with Crippen LogP contribution < -0.4 is 4.74 Å². The van der Waals surface area contributed by atoms with Crippen LogP contribution in [0, 0.1) is 10.1 Å². The van der Waals surface area contributed by atoms with E-state index < -0.39 is 10.9 Å². The van der Waals surface area contributed by atoms with Gasteiger partial charge in [-0.05, 0) is 6.07 Å². The summed E-state index contributed by atoms with van der Waals surface area (Å²) >= 11 is 5.78. The summed E-state index contributed by atoms with van der Waals surface area (Å²) in [6.45, 7) is 0. The third-order valence-corrected chi connectivity index (χ3v) is 2.32. The lowest BCUT2D eigenvalue weighted by atomic mass is 10.3. The zero-order valence-electron chi connectivity index (χ0n) is 9.07. The summed E-state index contributed by atoms with van der Waals surface area (Å²) in [6.07, 6.45) is 0.574. The van der Waals surface area contributed by atoms with E-state index >= 15 is 0 Å². The molecule has 0 spiro atoms. The summed E-state index contributed by atoms with van der Waals surface area (Å²) in [5.74, 6) is -1.21. The molecule has 0 saturated carbocycles. The number of aromatic nitrogens is 1. The Kier molecular flexibility index (Phi) is 3.34. The van der Waals surface area contributed by atoms with E-state index in [4.69, 9.17) is 25.9 Å². The maximum atomic E-state index is 10.6. The number of hydrogen-bond acceptors (Lipinski definition) is 6. The zero-order valence-corrected chi connectivity index (χ0v) is 9.83. The van der Waals surface area contributed by atoms with Crippen molar-refractivity contribution in [2.24, 2.45) is 0 Å². The molecule has 0 unspecified atom stereocenters. The molecule has 0 atom stereocenters. The van der Waals surface area contributed by atoms with Gasteiger partial charge in [0.25, 0.3) is 5.69 Å². The molecule has 0 amide bonds. The van der Waals surface area contributed by atoms with Crippen LogP contribution in [0.2, 0.25) is 5.02 Å². The van der Waals surface area contributed by atoms with Crippen LogP contribution in [0.25, 0.3) is 0 Å². The van der Waals surface area contributed by atoms with Crippen molar-refractivity contribution in [3.05, 3.63) is 45.3 Å². The van der Waals surface area contributed by atoms with Gasteiger partial charge in [0.15, 0.2) is 11.4 Å². The summed E-state index contributed by atoms with van der Waals surface area (Å²) < 4.78 is 9.83. The number of carbonyl (C=O) groups is 1. The predicted molar refractivity (Wildman–Crippen MR) is 61.6 cm³/mol. The van der Waals surface area contributed by atoms with Crippen LogP contribution in [0.15, 0.2) is 28.9 Å². The second kappa shape index (κ2) is 4.94. The van der Waals surface area contributed by atoms with E-state index in [0.717, 1.165) is 12.3 Å². The van der Waals surface area contributed by atoms with Gasteiger partial charge in [0.1, 0.15) is 6.26 Å². The molecule has 8 nitrogen and oxygen atoms in total. The van der Waals surface area contributed by atoms with Crippen molar-refractivity contribution in [2.75, 3.05) is 0 Å². The Morgan fingerprint density at radius 3 is 2.79 bits per heavy atom. The first kappa shape index (κ1) is 12.8. The molecule has 9 heteroatoms. The highest BCUT2D eigenvalue weighted by Gasteiger charge is 2.15. The molecule has 0 bridgehead atoms. The fraction of sp³-hybridized carbons (Fsp3) is 0. The number of carboxylic acids is 1. The van der Waals surface area contributed by atoms with E-state index in [1.807, 2.05) is 0 Å². The fourth-order valence-corrected chi connectivity index (χ4v) is 1.40. The summed E-state index contributed by atoms with van der Waals surface area (Å²) in [5, 5.41) is 19.1. The standard InChI is InChI=1S/C10H5ClN2O6/c11-6-3-5(13(16)17)1-2-8(6)19-10-12-7(4-18-10)9(14)15/h1-4H,(H,14,15). The van der Waals surface area contributed by atoms with Crippen molar-refractivity contribution < 1.29 is 24.0 Å². The van der Waals surface area contributed by atoms with E-state index in [-0.39, 0.29) is 28.2 Å². The van der Waals surface area contributed by atoms with Crippen LogP contribution in [0.3, 0.4) is 0 Å². The maximum Gasteiger partial charge on any atom is 0.399 e. The molecule has 98 valence electrons. The number of nitro benzene ring substituents is 1. The van der Waals surface area contributed by atoms with E-state index in [0.29, 0.717) is 0 Å². The quantitative estimate of drug-likeness (QED) is 0.677. The summed E-state index contributed by atoms with van der Waals surface area (Å²) in [4.78, 5) is 24.0. The number of benzene rings is 1. The van der Waals surface area contributed by atoms with Gasteiger partial charge >= 0.3 is 12.0 Å². The molecule has 0 saturated heterocycles. The number of nitro groups is 1. The van der Waals surface area contributed by atoms with Crippen LogP contribution in [-0.2, 0) is 0 Å². The number of oxazole rings is 1. The summed E-state index contributed by atoms with van der Waals surface area (Å²) in [5.41, 5.74) is -0.524. The van der Waals surface area contributed by atoms with Crippen LogP contribution in [0.5, 0.6) is 11.8 Å². The highest BCUT2D eigenvalue weighted by Crippen LogP contribution is 2.31. The van der Waals surface area contributed by atoms with Gasteiger partial charge in [-0.2, -0.15) is 4.98 Å². The van der Waals surface area contributed by atoms with Gasteiger partial charge in [0.2, 0.25) is 0 Å². The number of ether oxygens (including phenoxy) is 1. The second-order valence-corrected chi connectivity index (χ2v) is 3.68. The van der Waals surface area contributed by atoms with E-state index in [1.54, 1.807) is 0 Å². The number of hydrogen-bond donors (Lipinski definition) is 1. The average molecular weight is 285 g/mol. The van der Waals surface area contributed by atoms with Crippen molar-refractivity contribution in [2.45, 2.75) is 0 Å². The lowest BCUT2D eigenvalue weighted by molar-refractivity contribution is -0.384. The average Bonchev–Trinajstić information content (AvgIpc) is 2.80. The molecule has 2 aromatic rings. The maximum absolute atomic E-state index is 10.6. The molecule has 2 rings (SSSR count). The monoisotopic (exact) mass is 284 g/mol. The topological polar surface area (TPSA) is 116 Å². The molecule has 1 aromatic heterocycles. The van der Waals surface area contributed by atoms with Crippen LogP contribution in [-0.4, -0.2) is 21.0 Å². The highest BCUT2D eigenvalue weighted by molar-refractivity contribution is 6.32. The Morgan fingerprint density at radius 2 is 2.26 bits per heavy atom. The van der Waals surface area contributed by atoms with Gasteiger partial charge < -0.3 is 14.3 Å². The van der Waals surface area contributed by atoms with Gasteiger partial charge in [0.05, 0.1) is 9.95 Å². The molecule has 0 aliphatic carbocycles. The number of carboxylic acid groups (broad SMARTS) is 1. The Bertz CT molecular complexity index is 653. The minimum absolute atomic E-state index is 0.0238. The molecule has 1 N–H and O–H groups in total. The van der Waals surface area contributed by atoms with Crippen molar-refractivity contribution in [1.29, 1.82) is 0 Å². The number of nitrogens with zero attached hydrogens (tertiary/aromatic N) is 2. The lowest BCUT2D eigenvalue weighted by Crippen LogP contribution is -1.96. The molecule has 19 heavy (non-hydrogen) atoms. The first-order valence-corrected chi connectivity index (χ1v) is 5.16. The molecule has 0 aliphatic rings. The van der Waals surface area contributed by atoms with Crippen LogP contribution >= 0.6 is 11.6 Å². The number of halogens is 1. The first-order chi connectivity index (χ1) is 8.97. The SMILES string of the molecule is O=C(O)c1coc(Oc2ccc([N+](=O)[O-])cc2Cl)n1. The molecule has 1 aromatic carbocycles. The van der Waals surface area contributed by atoms with Gasteiger partial charge in [-0.3, -0.25) is 10.1 Å². The van der Waals surface area contributed by atoms with Gasteiger partial charge in [-0.1, -0.05) is 11.6 Å². The molecule has 1 heterocycles. The molecule has 0 aliphatic heterocycles. The van der Waals surface area contributed by atoms with Gasteiger partial charge in [-0.25, -0.2) is 4.79 Å². The number of aromatic carboxylic acids is 1. The Balaban J connectivity index is 2.23. The highest BCUT2D eigenvalue weighted by atomic mass is 35.5. The largest absolute Gasteiger partial charge is 0.476 e. The number of rotatable bonds is 4. The summed E-state index contributed by atoms with van der Waals surface area (Å²) in [7, 11) is 0. The van der Waals surface area contributed by atoms with Crippen molar-refractivity contribution in [3.63, 3.8) is 0 Å². The lowest BCUT2D eigenvalue weighted by Gasteiger charge is -2.02. The van der Waals surface area contributed by atoms with Crippen molar-refractivity contribution in [1.82, 2.24) is 4.98 Å². The smallest absolute Gasteiger partial charge is 0.399 e. The number of non-ortho nitro benzene ring substituents is 1. The predicted octanol–water partition coefficient (Wildman–Crippen LogP) is 2.73. The Labute approximate surface area is 110 Å². The van der Waals surface area contributed by atoms with E-state index in [2.05, 4.69) is 4.98 Å². The first-order valence-electron chi connectivity index (χ1n) is 4.78. The van der Waals surface area contributed by atoms with Crippen LogP contribution in [0.4, 0.5) is 5.69 Å². The molecular formula is C10H5ClN2O6. The van der Waals surface area contributed by atoms with Crippen LogP contribution in [0.1, 0.15) is 10.5 Å². The van der Waals surface area contributed by atoms with E-state index in [1.165, 1.54) is 12.1 Å². The van der Waals surface area contributed by atoms with E-state index in [9.17, 15) is 14.9 Å². The Hall–Kier alpha value is -2.61. The zero-order chi connectivity index (χ0) is 14.0. The third-order valence-electron chi connectivity index (χ3n) is 2.03. The van der Waals surface area contributed by atoms with Gasteiger partial charge in [-0.15, -0.1) is 0 Å². The second-order valence-electron chi connectivity index (χ2n) is 3.28. The molecular weight excluding hydrogens is 280 g/mol. The summed E-state index contributed by atoms with van der Waals surface area (Å²) in [6, 6.07) is 3.53. The minimum Gasteiger partial charge on any atom is -0.476 e. The van der Waals surface area contributed by atoms with Crippen molar-refractivity contribution in [3.8, 4) is 11.8 Å². The normalized spacial score (nSPS) is 10.2. The Morgan fingerprint density at radius 1 is 1.53 bits per heavy atom.